The van der Waals surface area contributed by atoms with E-state index in [1.165, 1.54) is 42.6 Å². The van der Waals surface area contributed by atoms with Crippen molar-refractivity contribution < 1.29 is 0 Å². The average molecular weight is 300 g/mol. The van der Waals surface area contributed by atoms with Crippen LogP contribution in [0.1, 0.15) is 24.0 Å². The summed E-state index contributed by atoms with van der Waals surface area (Å²) in [6, 6.07) is 21.4. The molecule has 0 bridgehead atoms. The Morgan fingerprint density at radius 2 is 1.29 bits per heavy atom. The molecule has 1 aliphatic rings. The zero-order valence-electron chi connectivity index (χ0n) is 12.2. The summed E-state index contributed by atoms with van der Waals surface area (Å²) in [7, 11) is 0. The maximum absolute atomic E-state index is 2.53. The normalized spacial score (nSPS) is 14.5. The fourth-order valence-electron chi connectivity index (χ4n) is 2.82. The zero-order valence-corrected chi connectivity index (χ0v) is 13.1. The van der Waals surface area contributed by atoms with Crippen LogP contribution in [0, 0.1) is 0 Å². The number of halogens is 1. The molecule has 2 aromatic rings. The summed E-state index contributed by atoms with van der Waals surface area (Å²) in [6.07, 6.45) is 5.08. The minimum atomic E-state index is 0. The molecule has 2 aromatic carbocycles. The van der Waals surface area contributed by atoms with E-state index in [-0.39, 0.29) is 12.4 Å². The number of nitrogens with zero attached hydrogens (tertiary/aromatic N) is 1. The lowest BCUT2D eigenvalue weighted by Crippen LogP contribution is -2.19. The van der Waals surface area contributed by atoms with Crippen molar-refractivity contribution in [3.63, 3.8) is 0 Å². The number of hydrogen-bond donors (Lipinski definition) is 0. The lowest BCUT2D eigenvalue weighted by Gasteiger charge is -2.14. The van der Waals surface area contributed by atoms with Gasteiger partial charge in [0.2, 0.25) is 0 Å². The smallest absolute Gasteiger partial charge is 0.0172 e. The van der Waals surface area contributed by atoms with Gasteiger partial charge in [0.25, 0.3) is 0 Å². The predicted molar refractivity (Wildman–Crippen MR) is 92.9 cm³/mol. The Kier molecular flexibility index (Phi) is 6.04. The van der Waals surface area contributed by atoms with Crippen LogP contribution in [-0.4, -0.2) is 24.5 Å². The number of hydrogen-bond acceptors (Lipinski definition) is 1. The van der Waals surface area contributed by atoms with Gasteiger partial charge in [-0.05, 0) is 42.6 Å². The molecule has 0 aliphatic carbocycles. The summed E-state index contributed by atoms with van der Waals surface area (Å²) in [5.41, 5.74) is 3.95. The lowest BCUT2D eigenvalue weighted by atomic mass is 9.97. The molecule has 0 spiro atoms. The Balaban J connectivity index is 0.00000161. The highest BCUT2D eigenvalue weighted by Crippen LogP contribution is 2.23. The van der Waals surface area contributed by atoms with Crippen LogP contribution < -0.4 is 0 Å². The van der Waals surface area contributed by atoms with Gasteiger partial charge in [0, 0.05) is 6.54 Å². The minimum Gasteiger partial charge on any atom is -0.300 e. The van der Waals surface area contributed by atoms with Gasteiger partial charge in [0.05, 0.1) is 0 Å². The van der Waals surface area contributed by atoms with E-state index < -0.39 is 0 Å². The van der Waals surface area contributed by atoms with Crippen LogP contribution in [0.5, 0.6) is 0 Å². The van der Waals surface area contributed by atoms with E-state index in [2.05, 4.69) is 71.6 Å². The quantitative estimate of drug-likeness (QED) is 0.795. The molecule has 0 N–H and O–H groups in total. The first-order valence-corrected chi connectivity index (χ1v) is 7.47. The van der Waals surface area contributed by atoms with Gasteiger partial charge >= 0.3 is 0 Å². The fourth-order valence-corrected chi connectivity index (χ4v) is 2.82. The molecule has 1 heterocycles. The third-order valence-corrected chi connectivity index (χ3v) is 3.92. The summed E-state index contributed by atoms with van der Waals surface area (Å²) in [6.45, 7) is 3.54. The summed E-state index contributed by atoms with van der Waals surface area (Å²) in [5.74, 6) is 0. The second kappa shape index (κ2) is 8.02. The molecule has 1 nitrogen and oxygen atoms in total. The lowest BCUT2D eigenvalue weighted by molar-refractivity contribution is 0.377. The van der Waals surface area contributed by atoms with E-state index in [1.54, 1.807) is 0 Å². The van der Waals surface area contributed by atoms with Crippen LogP contribution in [0.4, 0.5) is 0 Å². The molecule has 3 rings (SSSR count). The summed E-state index contributed by atoms with van der Waals surface area (Å²) in [4.78, 5) is 2.53. The number of likely N-dealkylation sites (tertiary alicyclic amines) is 1. The van der Waals surface area contributed by atoms with E-state index in [9.17, 15) is 0 Å². The van der Waals surface area contributed by atoms with Crippen LogP contribution >= 0.6 is 12.4 Å². The molecular formula is C19H22ClN. The van der Waals surface area contributed by atoms with E-state index in [1.807, 2.05) is 0 Å². The van der Waals surface area contributed by atoms with Gasteiger partial charge in [-0.3, -0.25) is 4.90 Å². The van der Waals surface area contributed by atoms with Crippen molar-refractivity contribution in [2.45, 2.75) is 12.8 Å². The SMILES string of the molecule is C(CN1CCCC1)=C(c1ccccc1)c1ccccc1.Cl. The van der Waals surface area contributed by atoms with Crippen LogP contribution in [-0.2, 0) is 0 Å². The topological polar surface area (TPSA) is 3.24 Å². The Hall–Kier alpha value is -1.57. The van der Waals surface area contributed by atoms with Crippen molar-refractivity contribution in [2.24, 2.45) is 0 Å². The molecule has 0 aromatic heterocycles. The van der Waals surface area contributed by atoms with Crippen molar-refractivity contribution >= 4 is 18.0 Å². The molecule has 0 radical (unpaired) electrons. The van der Waals surface area contributed by atoms with Crippen molar-refractivity contribution in [3.05, 3.63) is 77.9 Å². The molecule has 0 unspecified atom stereocenters. The largest absolute Gasteiger partial charge is 0.300 e. The van der Waals surface area contributed by atoms with Crippen molar-refractivity contribution in [2.75, 3.05) is 19.6 Å². The van der Waals surface area contributed by atoms with Gasteiger partial charge in [-0.1, -0.05) is 66.7 Å². The van der Waals surface area contributed by atoms with E-state index >= 15 is 0 Å². The Labute approximate surface area is 133 Å². The van der Waals surface area contributed by atoms with Gasteiger partial charge in [0.15, 0.2) is 0 Å². The van der Waals surface area contributed by atoms with Crippen LogP contribution in [0.3, 0.4) is 0 Å². The number of rotatable bonds is 4. The van der Waals surface area contributed by atoms with Gasteiger partial charge in [-0.25, -0.2) is 0 Å². The van der Waals surface area contributed by atoms with Gasteiger partial charge < -0.3 is 0 Å². The maximum atomic E-state index is 2.53. The van der Waals surface area contributed by atoms with E-state index in [0.717, 1.165) is 6.54 Å². The number of benzene rings is 2. The predicted octanol–water partition coefficient (Wildman–Crippen LogP) is 4.64. The fraction of sp³-hybridized carbons (Fsp3) is 0.263. The molecular weight excluding hydrogens is 278 g/mol. The second-order valence-corrected chi connectivity index (χ2v) is 5.36. The summed E-state index contributed by atoms with van der Waals surface area (Å²) >= 11 is 0. The second-order valence-electron chi connectivity index (χ2n) is 5.36. The maximum Gasteiger partial charge on any atom is 0.0172 e. The van der Waals surface area contributed by atoms with Gasteiger partial charge in [-0.2, -0.15) is 0 Å². The monoisotopic (exact) mass is 299 g/mol. The first-order valence-electron chi connectivity index (χ1n) is 7.47. The minimum absolute atomic E-state index is 0. The van der Waals surface area contributed by atoms with Gasteiger partial charge in [-0.15, -0.1) is 12.4 Å². The molecule has 21 heavy (non-hydrogen) atoms. The standard InChI is InChI=1S/C19H21N.ClH/c1-3-9-17(10-4-1)19(18-11-5-2-6-12-18)13-16-20-14-7-8-15-20;/h1-6,9-13H,7-8,14-16H2;1H. The highest BCUT2D eigenvalue weighted by Gasteiger charge is 2.11. The molecule has 2 heteroatoms. The molecule has 0 atom stereocenters. The Morgan fingerprint density at radius 1 is 0.810 bits per heavy atom. The average Bonchev–Trinajstić information content (AvgIpc) is 3.03. The van der Waals surface area contributed by atoms with Crippen LogP contribution in [0.25, 0.3) is 5.57 Å². The van der Waals surface area contributed by atoms with Crippen LogP contribution in [0.15, 0.2) is 66.7 Å². The Morgan fingerprint density at radius 3 is 1.76 bits per heavy atom. The molecule has 110 valence electrons. The third kappa shape index (κ3) is 4.20. The molecule has 0 amide bonds. The van der Waals surface area contributed by atoms with Crippen molar-refractivity contribution in [1.82, 2.24) is 4.90 Å². The first-order chi connectivity index (χ1) is 9.93. The van der Waals surface area contributed by atoms with E-state index in [4.69, 9.17) is 0 Å². The highest BCUT2D eigenvalue weighted by atomic mass is 35.5. The molecule has 1 saturated heterocycles. The van der Waals surface area contributed by atoms with E-state index in [0.29, 0.717) is 0 Å². The molecule has 0 saturated carbocycles. The summed E-state index contributed by atoms with van der Waals surface area (Å²) < 4.78 is 0. The third-order valence-electron chi connectivity index (χ3n) is 3.92. The molecule has 1 aliphatic heterocycles. The summed E-state index contributed by atoms with van der Waals surface area (Å²) in [5, 5.41) is 0. The van der Waals surface area contributed by atoms with Crippen molar-refractivity contribution in [1.29, 1.82) is 0 Å². The highest BCUT2D eigenvalue weighted by molar-refractivity contribution is 5.85. The van der Waals surface area contributed by atoms with Gasteiger partial charge in [0.1, 0.15) is 0 Å². The molecule has 1 fully saturated rings. The van der Waals surface area contributed by atoms with Crippen molar-refractivity contribution in [3.8, 4) is 0 Å². The van der Waals surface area contributed by atoms with Crippen LogP contribution in [0.2, 0.25) is 0 Å². The Bertz CT molecular complexity index is 515. The first kappa shape index (κ1) is 15.8. The zero-order chi connectivity index (χ0) is 13.6.